The van der Waals surface area contributed by atoms with Crippen molar-refractivity contribution in [3.63, 3.8) is 0 Å². The summed E-state index contributed by atoms with van der Waals surface area (Å²) in [6.07, 6.45) is 5.82. The summed E-state index contributed by atoms with van der Waals surface area (Å²) in [4.78, 5) is 21.3. The molecule has 2 aromatic rings. The van der Waals surface area contributed by atoms with Crippen molar-refractivity contribution in [2.45, 2.75) is 25.8 Å². The van der Waals surface area contributed by atoms with Gasteiger partial charge in [0.2, 0.25) is 0 Å². The minimum absolute atomic E-state index is 0.0369. The Morgan fingerprint density at radius 1 is 1.29 bits per heavy atom. The number of carboxylic acid groups (broad SMARTS) is 1. The summed E-state index contributed by atoms with van der Waals surface area (Å²) >= 11 is 0. The highest BCUT2D eigenvalue weighted by Crippen LogP contribution is 2.25. The summed E-state index contributed by atoms with van der Waals surface area (Å²) in [5, 5.41) is 8.81. The number of hydrogen-bond donors (Lipinski definition) is 1. The van der Waals surface area contributed by atoms with E-state index < -0.39 is 5.97 Å². The molecule has 0 bridgehead atoms. The van der Waals surface area contributed by atoms with Crippen LogP contribution in [0.2, 0.25) is 0 Å². The van der Waals surface area contributed by atoms with Crippen molar-refractivity contribution in [2.75, 3.05) is 11.4 Å². The lowest BCUT2D eigenvalue weighted by Crippen LogP contribution is -2.29. The number of anilines is 1. The number of nitrogens with zero attached hydrogens (tertiary/aromatic N) is 3. The number of para-hydroxylation sites is 1. The van der Waals surface area contributed by atoms with Gasteiger partial charge in [-0.1, -0.05) is 18.2 Å². The van der Waals surface area contributed by atoms with Crippen molar-refractivity contribution >= 4 is 11.7 Å². The van der Waals surface area contributed by atoms with Crippen LogP contribution in [0.15, 0.2) is 48.9 Å². The quantitative estimate of drug-likeness (QED) is 0.847. The molecule has 0 saturated carbocycles. The van der Waals surface area contributed by atoms with Crippen LogP contribution in [0.4, 0.5) is 5.69 Å². The largest absolute Gasteiger partial charge is 0.481 e. The van der Waals surface area contributed by atoms with Gasteiger partial charge in [-0.15, -0.1) is 0 Å². The van der Waals surface area contributed by atoms with E-state index in [1.165, 1.54) is 0 Å². The van der Waals surface area contributed by atoms with E-state index in [0.29, 0.717) is 13.0 Å². The average Bonchev–Trinajstić information content (AvgIpc) is 2.52. The van der Waals surface area contributed by atoms with E-state index in [9.17, 15) is 4.79 Å². The van der Waals surface area contributed by atoms with Gasteiger partial charge in [0, 0.05) is 31.0 Å². The molecule has 21 heavy (non-hydrogen) atoms. The predicted octanol–water partition coefficient (Wildman–Crippen LogP) is 2.91. The van der Waals surface area contributed by atoms with Gasteiger partial charge in [0.05, 0.1) is 17.9 Å². The van der Waals surface area contributed by atoms with E-state index in [1.54, 1.807) is 18.6 Å². The molecular weight excluding hydrogens is 266 g/mol. The smallest absolute Gasteiger partial charge is 0.303 e. The van der Waals surface area contributed by atoms with Crippen molar-refractivity contribution < 1.29 is 9.90 Å². The van der Waals surface area contributed by atoms with E-state index in [4.69, 9.17) is 5.11 Å². The fraction of sp³-hybridized carbons (Fsp3) is 0.312. The van der Waals surface area contributed by atoms with Crippen LogP contribution in [-0.4, -0.2) is 27.6 Å². The standard InChI is InChI=1S/C16H19N3O2/c1-13(15-12-17-9-10-18-15)19(11-5-8-16(20)21)14-6-3-2-4-7-14/h2-4,6-7,9-10,12-13H,5,8,11H2,1H3,(H,20,21). The van der Waals surface area contributed by atoms with E-state index in [0.717, 1.165) is 11.4 Å². The normalized spacial score (nSPS) is 11.9. The highest BCUT2D eigenvalue weighted by molar-refractivity contribution is 5.66. The van der Waals surface area contributed by atoms with Gasteiger partial charge in [0.1, 0.15) is 0 Å². The molecule has 0 aliphatic carbocycles. The van der Waals surface area contributed by atoms with Gasteiger partial charge < -0.3 is 10.0 Å². The minimum atomic E-state index is -0.768. The molecule has 1 unspecified atom stereocenters. The Balaban J connectivity index is 2.17. The van der Waals surface area contributed by atoms with Crippen LogP contribution < -0.4 is 4.90 Å². The van der Waals surface area contributed by atoms with Gasteiger partial charge in [0.25, 0.3) is 0 Å². The molecule has 1 heterocycles. The third kappa shape index (κ3) is 4.27. The van der Waals surface area contributed by atoms with Crippen molar-refractivity contribution in [3.05, 3.63) is 54.6 Å². The first kappa shape index (κ1) is 15.0. The molecule has 110 valence electrons. The van der Waals surface area contributed by atoms with Crippen molar-refractivity contribution in [1.29, 1.82) is 0 Å². The van der Waals surface area contributed by atoms with Crippen LogP contribution in [0.5, 0.6) is 0 Å². The van der Waals surface area contributed by atoms with Crippen molar-refractivity contribution in [2.24, 2.45) is 0 Å². The molecule has 1 aromatic heterocycles. The predicted molar refractivity (Wildman–Crippen MR) is 81.1 cm³/mol. The van der Waals surface area contributed by atoms with Crippen molar-refractivity contribution in [1.82, 2.24) is 9.97 Å². The number of aromatic nitrogens is 2. The molecule has 0 aliphatic heterocycles. The molecule has 1 atom stereocenters. The molecule has 0 saturated heterocycles. The Kier molecular flexibility index (Phi) is 5.26. The summed E-state index contributed by atoms with van der Waals surface area (Å²) in [6, 6.07) is 9.99. The molecule has 0 amide bonds. The van der Waals surface area contributed by atoms with Gasteiger partial charge in [0.15, 0.2) is 0 Å². The maximum Gasteiger partial charge on any atom is 0.303 e. The fourth-order valence-electron chi connectivity index (χ4n) is 2.25. The first-order valence-corrected chi connectivity index (χ1v) is 6.98. The van der Waals surface area contributed by atoms with Gasteiger partial charge in [-0.25, -0.2) is 0 Å². The van der Waals surface area contributed by atoms with Gasteiger partial charge in [-0.05, 0) is 25.5 Å². The Hall–Kier alpha value is -2.43. The third-order valence-corrected chi connectivity index (χ3v) is 3.36. The molecule has 0 fully saturated rings. The number of benzene rings is 1. The molecule has 2 rings (SSSR count). The van der Waals surface area contributed by atoms with E-state index in [2.05, 4.69) is 21.8 Å². The minimum Gasteiger partial charge on any atom is -0.481 e. The molecule has 1 N–H and O–H groups in total. The van der Waals surface area contributed by atoms with Crippen LogP contribution >= 0.6 is 0 Å². The monoisotopic (exact) mass is 285 g/mol. The van der Waals surface area contributed by atoms with Crippen molar-refractivity contribution in [3.8, 4) is 0 Å². The lowest BCUT2D eigenvalue weighted by molar-refractivity contribution is -0.137. The SMILES string of the molecule is CC(c1cnccn1)N(CCCC(=O)O)c1ccccc1. The molecule has 5 heteroatoms. The maximum atomic E-state index is 10.7. The molecule has 0 spiro atoms. The lowest BCUT2D eigenvalue weighted by atomic mass is 10.1. The first-order valence-electron chi connectivity index (χ1n) is 6.98. The molecular formula is C16H19N3O2. The highest BCUT2D eigenvalue weighted by atomic mass is 16.4. The number of carbonyl (C=O) groups is 1. The highest BCUT2D eigenvalue weighted by Gasteiger charge is 2.17. The van der Waals surface area contributed by atoms with E-state index in [-0.39, 0.29) is 12.5 Å². The Morgan fingerprint density at radius 2 is 2.05 bits per heavy atom. The van der Waals surface area contributed by atoms with Crippen LogP contribution in [-0.2, 0) is 4.79 Å². The zero-order valence-corrected chi connectivity index (χ0v) is 12.0. The summed E-state index contributed by atoms with van der Waals surface area (Å²) in [7, 11) is 0. The zero-order chi connectivity index (χ0) is 15.1. The second kappa shape index (κ2) is 7.38. The lowest BCUT2D eigenvalue weighted by Gasteiger charge is -2.30. The summed E-state index contributed by atoms with van der Waals surface area (Å²) in [5.41, 5.74) is 1.93. The van der Waals surface area contributed by atoms with Gasteiger partial charge in [-0.3, -0.25) is 14.8 Å². The second-order valence-electron chi connectivity index (χ2n) is 4.83. The number of rotatable bonds is 7. The summed E-state index contributed by atoms with van der Waals surface area (Å²) < 4.78 is 0. The number of aliphatic carboxylic acids is 1. The molecule has 0 aliphatic rings. The topological polar surface area (TPSA) is 66.3 Å². The van der Waals surface area contributed by atoms with E-state index >= 15 is 0 Å². The van der Waals surface area contributed by atoms with Crippen LogP contribution in [0.3, 0.4) is 0 Å². The maximum absolute atomic E-state index is 10.7. The summed E-state index contributed by atoms with van der Waals surface area (Å²) in [6.45, 7) is 2.71. The average molecular weight is 285 g/mol. The summed E-state index contributed by atoms with van der Waals surface area (Å²) in [5.74, 6) is -0.768. The molecule has 0 radical (unpaired) electrons. The third-order valence-electron chi connectivity index (χ3n) is 3.36. The Labute approximate surface area is 124 Å². The Bertz CT molecular complexity index is 560. The second-order valence-corrected chi connectivity index (χ2v) is 4.83. The van der Waals surface area contributed by atoms with Crippen LogP contribution in [0, 0.1) is 0 Å². The molecule has 1 aromatic carbocycles. The van der Waals surface area contributed by atoms with Crippen LogP contribution in [0.25, 0.3) is 0 Å². The zero-order valence-electron chi connectivity index (χ0n) is 12.0. The number of hydrogen-bond acceptors (Lipinski definition) is 4. The van der Waals surface area contributed by atoms with E-state index in [1.807, 2.05) is 30.3 Å². The van der Waals surface area contributed by atoms with Crippen LogP contribution in [0.1, 0.15) is 31.5 Å². The van der Waals surface area contributed by atoms with Gasteiger partial charge in [-0.2, -0.15) is 0 Å². The number of carboxylic acids is 1. The van der Waals surface area contributed by atoms with Gasteiger partial charge >= 0.3 is 5.97 Å². The molecule has 5 nitrogen and oxygen atoms in total. The fourth-order valence-corrected chi connectivity index (χ4v) is 2.25. The Morgan fingerprint density at radius 3 is 2.67 bits per heavy atom. The first-order chi connectivity index (χ1) is 10.2.